The molecule has 1 aromatic rings. The smallest absolute Gasteiger partial charge is 0.249 e. The Kier molecular flexibility index (Phi) is 2.82. The molecule has 1 heterocycles. The van der Waals surface area contributed by atoms with Gasteiger partial charge in [0.25, 0.3) is 0 Å². The van der Waals surface area contributed by atoms with Crippen molar-refractivity contribution in [3.05, 3.63) is 53.9 Å². The molecule has 0 atom stereocenters. The lowest BCUT2D eigenvalue weighted by atomic mass is 10.0. The molecule has 0 radical (unpaired) electrons. The zero-order valence-electron chi connectivity index (χ0n) is 8.55. The Labute approximate surface area is 93.2 Å². The normalized spacial score (nSPS) is 13.9. The van der Waals surface area contributed by atoms with Crippen molar-refractivity contribution < 1.29 is 4.79 Å². The SMILES string of the molecule is NC(=O)c1ccccc1C1=CC=NC=CN1. The van der Waals surface area contributed by atoms with Gasteiger partial charge in [0.05, 0.1) is 0 Å². The molecule has 0 unspecified atom stereocenters. The van der Waals surface area contributed by atoms with Crippen LogP contribution in [0.4, 0.5) is 0 Å². The summed E-state index contributed by atoms with van der Waals surface area (Å²) in [6, 6.07) is 7.18. The van der Waals surface area contributed by atoms with Gasteiger partial charge >= 0.3 is 0 Å². The molecule has 0 spiro atoms. The molecule has 0 fully saturated rings. The lowest BCUT2D eigenvalue weighted by molar-refractivity contribution is 0.1000. The number of hydrogen-bond donors (Lipinski definition) is 2. The lowest BCUT2D eigenvalue weighted by Crippen LogP contribution is -2.15. The van der Waals surface area contributed by atoms with Crippen LogP contribution in [-0.2, 0) is 0 Å². The summed E-state index contributed by atoms with van der Waals surface area (Å²) < 4.78 is 0. The van der Waals surface area contributed by atoms with Crippen LogP contribution < -0.4 is 11.1 Å². The molecule has 1 aliphatic rings. The van der Waals surface area contributed by atoms with E-state index in [0.717, 1.165) is 11.3 Å². The van der Waals surface area contributed by atoms with Crippen molar-refractivity contribution in [2.24, 2.45) is 10.7 Å². The standard InChI is InChI=1S/C12H11N3O/c13-12(16)10-4-2-1-3-9(10)11-5-6-14-7-8-15-11/h1-8,15H,(H2,13,16). The highest BCUT2D eigenvalue weighted by Crippen LogP contribution is 2.17. The Morgan fingerprint density at radius 3 is 2.94 bits per heavy atom. The number of rotatable bonds is 2. The molecule has 0 aromatic heterocycles. The van der Waals surface area contributed by atoms with Crippen molar-refractivity contribution in [3.63, 3.8) is 0 Å². The summed E-state index contributed by atoms with van der Waals surface area (Å²) in [4.78, 5) is 15.2. The Balaban J connectivity index is 2.47. The third-order valence-electron chi connectivity index (χ3n) is 2.21. The maximum absolute atomic E-state index is 11.3. The van der Waals surface area contributed by atoms with Gasteiger partial charge in [-0.25, -0.2) is 0 Å². The van der Waals surface area contributed by atoms with Gasteiger partial charge in [-0.1, -0.05) is 18.2 Å². The zero-order chi connectivity index (χ0) is 11.4. The van der Waals surface area contributed by atoms with Gasteiger partial charge in [-0.3, -0.25) is 9.79 Å². The molecule has 0 aliphatic carbocycles. The van der Waals surface area contributed by atoms with Crippen LogP contribution in [0.25, 0.3) is 5.70 Å². The lowest BCUT2D eigenvalue weighted by Gasteiger charge is -2.09. The molecule has 0 saturated carbocycles. The Hall–Kier alpha value is -2.36. The number of carbonyl (C=O) groups excluding carboxylic acids is 1. The molecule has 4 nitrogen and oxygen atoms in total. The number of aliphatic imine (C=N–C) groups is 1. The van der Waals surface area contributed by atoms with E-state index < -0.39 is 5.91 Å². The van der Waals surface area contributed by atoms with E-state index in [1.54, 1.807) is 36.8 Å². The number of allylic oxidation sites excluding steroid dienone is 1. The summed E-state index contributed by atoms with van der Waals surface area (Å²) in [5.41, 5.74) is 7.37. The van der Waals surface area contributed by atoms with E-state index in [9.17, 15) is 4.79 Å². The summed E-state index contributed by atoms with van der Waals surface area (Å²) in [6.07, 6.45) is 6.79. The number of hydrogen-bond acceptors (Lipinski definition) is 3. The Bertz CT molecular complexity index is 501. The monoisotopic (exact) mass is 213 g/mol. The number of primary amides is 1. The average Bonchev–Trinajstić information content (AvgIpc) is 2.57. The van der Waals surface area contributed by atoms with Gasteiger partial charge in [-0.15, -0.1) is 0 Å². The van der Waals surface area contributed by atoms with Crippen molar-refractivity contribution in [3.8, 4) is 0 Å². The fourth-order valence-electron chi connectivity index (χ4n) is 1.49. The highest BCUT2D eigenvalue weighted by atomic mass is 16.1. The molecule has 1 aromatic carbocycles. The van der Waals surface area contributed by atoms with E-state index in [1.165, 1.54) is 0 Å². The fraction of sp³-hybridized carbons (Fsp3) is 0. The minimum atomic E-state index is -0.441. The minimum Gasteiger partial charge on any atom is -0.366 e. The molecular weight excluding hydrogens is 202 g/mol. The largest absolute Gasteiger partial charge is 0.366 e. The molecule has 3 N–H and O–H groups in total. The van der Waals surface area contributed by atoms with Gasteiger partial charge < -0.3 is 11.1 Å². The van der Waals surface area contributed by atoms with E-state index in [1.807, 2.05) is 12.1 Å². The van der Waals surface area contributed by atoms with E-state index in [4.69, 9.17) is 5.73 Å². The first kappa shape index (κ1) is 10.2. The summed E-state index contributed by atoms with van der Waals surface area (Å²) in [6.45, 7) is 0. The van der Waals surface area contributed by atoms with Crippen LogP contribution in [0.5, 0.6) is 0 Å². The summed E-state index contributed by atoms with van der Waals surface area (Å²) >= 11 is 0. The van der Waals surface area contributed by atoms with E-state index in [-0.39, 0.29) is 0 Å². The number of nitrogens with two attached hydrogens (primary N) is 1. The van der Waals surface area contributed by atoms with Gasteiger partial charge in [0.2, 0.25) is 5.91 Å². The number of amides is 1. The van der Waals surface area contributed by atoms with Crippen LogP contribution in [-0.4, -0.2) is 12.1 Å². The first-order valence-electron chi connectivity index (χ1n) is 4.83. The molecule has 2 rings (SSSR count). The highest BCUT2D eigenvalue weighted by molar-refractivity contribution is 5.99. The van der Waals surface area contributed by atoms with Crippen LogP contribution in [0.3, 0.4) is 0 Å². The molecule has 16 heavy (non-hydrogen) atoms. The van der Waals surface area contributed by atoms with Crippen LogP contribution in [0.15, 0.2) is 47.7 Å². The van der Waals surface area contributed by atoms with Crippen LogP contribution in [0, 0.1) is 0 Å². The van der Waals surface area contributed by atoms with Gasteiger partial charge in [0.15, 0.2) is 0 Å². The maximum Gasteiger partial charge on any atom is 0.249 e. The molecule has 0 bridgehead atoms. The van der Waals surface area contributed by atoms with Crippen molar-refractivity contribution >= 4 is 17.8 Å². The first-order chi connectivity index (χ1) is 7.79. The second kappa shape index (κ2) is 4.44. The first-order valence-corrected chi connectivity index (χ1v) is 4.83. The van der Waals surface area contributed by atoms with Gasteiger partial charge in [-0.2, -0.15) is 0 Å². The number of nitrogens with one attached hydrogen (secondary N) is 1. The van der Waals surface area contributed by atoms with Crippen molar-refractivity contribution in [2.75, 3.05) is 0 Å². The van der Waals surface area contributed by atoms with Gasteiger partial charge in [-0.05, 0) is 12.1 Å². The van der Waals surface area contributed by atoms with Crippen molar-refractivity contribution in [1.82, 2.24) is 5.32 Å². The predicted octanol–water partition coefficient (Wildman–Crippen LogP) is 1.27. The van der Waals surface area contributed by atoms with Crippen LogP contribution in [0.2, 0.25) is 0 Å². The molecule has 4 heteroatoms. The zero-order valence-corrected chi connectivity index (χ0v) is 8.55. The fourth-order valence-corrected chi connectivity index (χ4v) is 1.49. The third kappa shape index (κ3) is 2.00. The Morgan fingerprint density at radius 1 is 1.31 bits per heavy atom. The molecule has 1 amide bonds. The Morgan fingerprint density at radius 2 is 2.12 bits per heavy atom. The topological polar surface area (TPSA) is 67.5 Å². The minimum absolute atomic E-state index is 0.441. The summed E-state index contributed by atoms with van der Waals surface area (Å²) in [5, 5.41) is 3.04. The third-order valence-corrected chi connectivity index (χ3v) is 2.21. The molecule has 1 aliphatic heterocycles. The van der Waals surface area contributed by atoms with E-state index in [0.29, 0.717) is 5.56 Å². The highest BCUT2D eigenvalue weighted by Gasteiger charge is 2.10. The maximum atomic E-state index is 11.3. The van der Waals surface area contributed by atoms with Crippen molar-refractivity contribution in [1.29, 1.82) is 0 Å². The quantitative estimate of drug-likeness (QED) is 0.776. The average molecular weight is 213 g/mol. The summed E-state index contributed by atoms with van der Waals surface area (Å²) in [7, 11) is 0. The number of carbonyl (C=O) groups is 1. The van der Waals surface area contributed by atoms with Gasteiger partial charge in [0, 0.05) is 35.4 Å². The van der Waals surface area contributed by atoms with Gasteiger partial charge in [0.1, 0.15) is 0 Å². The van der Waals surface area contributed by atoms with Crippen LogP contribution >= 0.6 is 0 Å². The molecule has 80 valence electrons. The van der Waals surface area contributed by atoms with E-state index in [2.05, 4.69) is 10.3 Å². The summed E-state index contributed by atoms with van der Waals surface area (Å²) in [5.74, 6) is -0.441. The number of benzene rings is 1. The predicted molar refractivity (Wildman–Crippen MR) is 63.7 cm³/mol. The molecular formula is C12H11N3O. The van der Waals surface area contributed by atoms with Crippen molar-refractivity contribution in [2.45, 2.75) is 0 Å². The van der Waals surface area contributed by atoms with E-state index >= 15 is 0 Å². The second-order valence-electron chi connectivity index (χ2n) is 3.25. The second-order valence-corrected chi connectivity index (χ2v) is 3.25. The number of nitrogens with zero attached hydrogens (tertiary/aromatic N) is 1. The molecule has 0 saturated heterocycles. The van der Waals surface area contributed by atoms with Crippen LogP contribution in [0.1, 0.15) is 15.9 Å².